The molecule has 0 aromatic rings. The number of aliphatic hydroxyl groups excluding tert-OH is 3. The van der Waals surface area contributed by atoms with Crippen LogP contribution in [0.3, 0.4) is 0 Å². The number of allylic oxidation sites excluding steroid dienone is 2. The van der Waals surface area contributed by atoms with Crippen molar-refractivity contribution in [2.45, 2.75) is 124 Å². The van der Waals surface area contributed by atoms with Crippen molar-refractivity contribution in [3.8, 4) is 0 Å². The highest BCUT2D eigenvalue weighted by Crippen LogP contribution is 2.71. The van der Waals surface area contributed by atoms with Gasteiger partial charge in [0, 0.05) is 0 Å². The molecule has 4 aliphatic rings. The third kappa shape index (κ3) is 3.86. The van der Waals surface area contributed by atoms with Crippen LogP contribution in [0.5, 0.6) is 0 Å². The summed E-state index contributed by atoms with van der Waals surface area (Å²) in [7, 11) is 0. The van der Waals surface area contributed by atoms with E-state index in [9.17, 15) is 20.4 Å². The molecule has 0 aromatic carbocycles. The van der Waals surface area contributed by atoms with Crippen molar-refractivity contribution in [2.75, 3.05) is 0 Å². The largest absolute Gasteiger partial charge is 0.393 e. The lowest BCUT2D eigenvalue weighted by Gasteiger charge is -2.67. The van der Waals surface area contributed by atoms with Crippen molar-refractivity contribution in [1.82, 2.24) is 0 Å². The molecule has 4 saturated carbocycles. The zero-order valence-corrected chi connectivity index (χ0v) is 22.1. The van der Waals surface area contributed by atoms with Crippen molar-refractivity contribution >= 4 is 0 Å². The van der Waals surface area contributed by atoms with Gasteiger partial charge < -0.3 is 20.4 Å². The van der Waals surface area contributed by atoms with Gasteiger partial charge in [0.15, 0.2) is 0 Å². The maximum Gasteiger partial charge on any atom is 0.0654 e. The lowest BCUT2D eigenvalue weighted by molar-refractivity contribution is -0.241. The minimum atomic E-state index is -0.793. The summed E-state index contributed by atoms with van der Waals surface area (Å²) < 4.78 is 0. The number of hydrogen-bond donors (Lipinski definition) is 4. The van der Waals surface area contributed by atoms with Crippen LogP contribution in [0.1, 0.15) is 99.8 Å². The Hall–Kier alpha value is -0.420. The van der Waals surface area contributed by atoms with Crippen molar-refractivity contribution in [3.63, 3.8) is 0 Å². The Bertz CT molecular complexity index is 768. The van der Waals surface area contributed by atoms with E-state index in [1.165, 1.54) is 5.57 Å². The summed E-state index contributed by atoms with van der Waals surface area (Å²) in [5.74, 6) is 0.924. The van der Waals surface area contributed by atoms with E-state index >= 15 is 0 Å². The minimum Gasteiger partial charge on any atom is -0.393 e. The van der Waals surface area contributed by atoms with Gasteiger partial charge >= 0.3 is 0 Å². The maximum absolute atomic E-state index is 11.6. The molecule has 0 radical (unpaired) electrons. The molecule has 0 bridgehead atoms. The van der Waals surface area contributed by atoms with Gasteiger partial charge in [-0.05, 0) is 118 Å². The van der Waals surface area contributed by atoms with Crippen LogP contribution in [0.2, 0.25) is 0 Å². The summed E-state index contributed by atoms with van der Waals surface area (Å²) in [5.41, 5.74) is 0.0144. The molecule has 0 aliphatic heterocycles. The van der Waals surface area contributed by atoms with E-state index in [-0.39, 0.29) is 40.1 Å². The molecule has 4 nitrogen and oxygen atoms in total. The lowest BCUT2D eigenvalue weighted by Crippen LogP contribution is -2.66. The van der Waals surface area contributed by atoms with Crippen LogP contribution < -0.4 is 0 Å². The predicted octanol–water partition coefficient (Wildman–Crippen LogP) is 5.08. The molecular weight excluding hydrogens is 412 g/mol. The van der Waals surface area contributed by atoms with Gasteiger partial charge in [0.25, 0.3) is 0 Å². The Morgan fingerprint density at radius 1 is 0.909 bits per heavy atom. The van der Waals surface area contributed by atoms with Gasteiger partial charge in [-0.2, -0.15) is 0 Å². The molecule has 2 unspecified atom stereocenters. The fourth-order valence-electron chi connectivity index (χ4n) is 9.92. The summed E-state index contributed by atoms with van der Waals surface area (Å²) in [6.45, 7) is 15.1. The van der Waals surface area contributed by atoms with Gasteiger partial charge in [-0.15, -0.1) is 0 Å². The number of fused-ring (bicyclic) bond motifs is 5. The summed E-state index contributed by atoms with van der Waals surface area (Å²) in [6, 6.07) is 0. The van der Waals surface area contributed by atoms with Crippen molar-refractivity contribution in [1.29, 1.82) is 0 Å². The highest BCUT2D eigenvalue weighted by atomic mass is 16.3. The molecule has 4 N–H and O–H groups in total. The average molecular weight is 463 g/mol. The third-order valence-electron chi connectivity index (χ3n) is 11.5. The van der Waals surface area contributed by atoms with Crippen LogP contribution in [-0.2, 0) is 0 Å². The lowest BCUT2D eigenvalue weighted by atomic mass is 9.39. The molecule has 4 rings (SSSR count). The van der Waals surface area contributed by atoms with E-state index in [4.69, 9.17) is 0 Å². The normalized spacial score (nSPS) is 50.5. The molecule has 4 aliphatic carbocycles. The standard InChI is InChI=1S/C29H50O4/c1-17(2)9-8-12-29(7,33)18-10-13-27(5)19-16-22(31)25-26(3,4)23(32)11-14-28(25,6)20(19)15-21(30)24(18)27/h9,18-25,30-33H,8,10-16H2,1-7H3/t18-,19+,20-,21+,22-,23-,24-,25?,27+,28+,29?/m0/s1. The first-order chi connectivity index (χ1) is 15.2. The molecule has 0 spiro atoms. The molecule has 0 aromatic heterocycles. The highest BCUT2D eigenvalue weighted by molar-refractivity contribution is 5.17. The minimum absolute atomic E-state index is 0.0479. The Labute approximate surface area is 201 Å². The van der Waals surface area contributed by atoms with E-state index in [0.717, 1.165) is 51.4 Å². The van der Waals surface area contributed by atoms with Gasteiger partial charge in [0.05, 0.1) is 23.9 Å². The zero-order chi connectivity index (χ0) is 24.6. The predicted molar refractivity (Wildman–Crippen MR) is 132 cm³/mol. The second-order valence-corrected chi connectivity index (χ2v) is 14.0. The first-order valence-electron chi connectivity index (χ1n) is 13.6. The summed E-state index contributed by atoms with van der Waals surface area (Å²) >= 11 is 0. The monoisotopic (exact) mass is 462 g/mol. The van der Waals surface area contributed by atoms with Crippen LogP contribution >= 0.6 is 0 Å². The van der Waals surface area contributed by atoms with E-state index in [0.29, 0.717) is 11.8 Å². The summed E-state index contributed by atoms with van der Waals surface area (Å²) in [5, 5.41) is 45.5. The van der Waals surface area contributed by atoms with E-state index in [1.54, 1.807) is 0 Å². The molecular formula is C29H50O4. The Morgan fingerprint density at radius 2 is 1.48 bits per heavy atom. The molecule has 4 heteroatoms. The Morgan fingerprint density at radius 3 is 2.12 bits per heavy atom. The fraction of sp³-hybridized carbons (Fsp3) is 0.931. The van der Waals surface area contributed by atoms with E-state index in [2.05, 4.69) is 47.6 Å². The second kappa shape index (κ2) is 8.32. The van der Waals surface area contributed by atoms with Gasteiger partial charge in [0.1, 0.15) is 0 Å². The molecule has 11 atom stereocenters. The first-order valence-corrected chi connectivity index (χ1v) is 13.6. The maximum atomic E-state index is 11.6. The van der Waals surface area contributed by atoms with Crippen LogP contribution in [0.4, 0.5) is 0 Å². The number of rotatable bonds is 4. The molecule has 190 valence electrons. The molecule has 4 fully saturated rings. The molecule has 0 heterocycles. The van der Waals surface area contributed by atoms with Crippen molar-refractivity contribution < 1.29 is 20.4 Å². The van der Waals surface area contributed by atoms with Crippen molar-refractivity contribution in [2.24, 2.45) is 45.8 Å². The average Bonchev–Trinajstić information content (AvgIpc) is 3.06. The Kier molecular flexibility index (Phi) is 6.47. The van der Waals surface area contributed by atoms with Gasteiger partial charge in [-0.25, -0.2) is 0 Å². The smallest absolute Gasteiger partial charge is 0.0654 e. The molecule has 0 amide bonds. The van der Waals surface area contributed by atoms with Crippen LogP contribution in [0, 0.1) is 45.8 Å². The SMILES string of the molecule is CC(C)=CCCC(C)(O)[C@H]1CC[C@@]2(C)[C@@H]1[C@H](O)C[C@H]1[C@H]2C[C@H](O)C2C(C)(C)[C@@H](O)CC[C@@]21C. The number of aliphatic hydroxyl groups is 4. The highest BCUT2D eigenvalue weighted by Gasteiger charge is 2.68. The third-order valence-corrected chi connectivity index (χ3v) is 11.5. The molecule has 33 heavy (non-hydrogen) atoms. The first kappa shape index (κ1) is 25.7. The Balaban J connectivity index is 1.64. The number of hydrogen-bond acceptors (Lipinski definition) is 4. The second-order valence-electron chi connectivity index (χ2n) is 14.0. The summed E-state index contributed by atoms with van der Waals surface area (Å²) in [4.78, 5) is 0. The quantitative estimate of drug-likeness (QED) is 0.439. The topological polar surface area (TPSA) is 80.9 Å². The van der Waals surface area contributed by atoms with Gasteiger partial charge in [-0.3, -0.25) is 0 Å². The summed E-state index contributed by atoms with van der Waals surface area (Å²) in [6.07, 6.45) is 7.74. The van der Waals surface area contributed by atoms with Crippen LogP contribution in [0.15, 0.2) is 11.6 Å². The van der Waals surface area contributed by atoms with Crippen LogP contribution in [0.25, 0.3) is 0 Å². The van der Waals surface area contributed by atoms with E-state index < -0.39 is 17.8 Å². The van der Waals surface area contributed by atoms with Crippen LogP contribution in [-0.4, -0.2) is 44.3 Å². The van der Waals surface area contributed by atoms with Gasteiger partial charge in [0.2, 0.25) is 0 Å². The zero-order valence-electron chi connectivity index (χ0n) is 22.1. The van der Waals surface area contributed by atoms with E-state index in [1.807, 2.05) is 6.92 Å². The molecule has 0 saturated heterocycles. The van der Waals surface area contributed by atoms with Crippen molar-refractivity contribution in [3.05, 3.63) is 11.6 Å². The fourth-order valence-corrected chi connectivity index (χ4v) is 9.92. The van der Waals surface area contributed by atoms with Gasteiger partial charge in [-0.1, -0.05) is 39.3 Å².